The molecule has 160 valence electrons. The zero-order valence-corrected chi connectivity index (χ0v) is 19.2. The van der Waals surface area contributed by atoms with Crippen molar-refractivity contribution in [2.75, 3.05) is 18.5 Å². The molecule has 0 amide bonds. The van der Waals surface area contributed by atoms with Crippen LogP contribution in [0.2, 0.25) is 26.0 Å². The van der Waals surface area contributed by atoms with Crippen LogP contribution in [-0.4, -0.2) is 43.6 Å². The minimum absolute atomic E-state index is 0.00981. The highest BCUT2D eigenvalue weighted by molar-refractivity contribution is 6.40. The second-order valence-electron chi connectivity index (χ2n) is 5.54. The van der Waals surface area contributed by atoms with Crippen molar-refractivity contribution in [3.8, 4) is 0 Å². The molecule has 1 fully saturated rings. The molecule has 0 spiro atoms. The number of nitrogens with one attached hydrogen (secondary N) is 1. The summed E-state index contributed by atoms with van der Waals surface area (Å²) in [5.41, 5.74) is 1.12. The fraction of sp³-hybridized carbons (Fsp3) is 0.294. The molecular formula is C17H16Cl5N7O. The first-order valence-corrected chi connectivity index (χ1v) is 10.5. The van der Waals surface area contributed by atoms with E-state index < -0.39 is 0 Å². The maximum absolute atomic E-state index is 5.81. The van der Waals surface area contributed by atoms with Crippen molar-refractivity contribution in [3.05, 3.63) is 61.9 Å². The standard InChI is InChI=1S/C10H8Cl2N4.C4H8O.C3Cl3N3/c11-8-9(14-10(12)16-15-8)13-6-7-4-2-1-3-5-7;1-2-4-5-3-1;4-1-2(5)8-9-3(6)7-1/h1-5H,6H2,(H,13,14,16);1-4H2;. The minimum atomic E-state index is -0.00981. The summed E-state index contributed by atoms with van der Waals surface area (Å²) in [5, 5.41) is 17.3. The maximum atomic E-state index is 5.81. The number of nitrogens with zero attached hydrogens (tertiary/aromatic N) is 6. The number of rotatable bonds is 3. The van der Waals surface area contributed by atoms with Gasteiger partial charge in [0.2, 0.25) is 10.6 Å². The molecule has 3 heterocycles. The maximum Gasteiger partial charge on any atom is 0.245 e. The van der Waals surface area contributed by atoms with Crippen LogP contribution < -0.4 is 5.32 Å². The molecule has 4 rings (SSSR count). The number of hydrogen-bond donors (Lipinski definition) is 1. The summed E-state index contributed by atoms with van der Waals surface area (Å²) < 4.78 is 4.94. The normalized spacial score (nSPS) is 12.3. The summed E-state index contributed by atoms with van der Waals surface area (Å²) in [6, 6.07) is 9.88. The molecule has 0 aliphatic carbocycles. The summed E-state index contributed by atoms with van der Waals surface area (Å²) in [6.07, 6.45) is 2.56. The summed E-state index contributed by atoms with van der Waals surface area (Å²) in [6.45, 7) is 2.61. The molecule has 8 nitrogen and oxygen atoms in total. The third-order valence-electron chi connectivity index (χ3n) is 3.33. The lowest BCUT2D eigenvalue weighted by Crippen LogP contribution is -2.04. The van der Waals surface area contributed by atoms with Crippen molar-refractivity contribution in [2.45, 2.75) is 19.4 Å². The van der Waals surface area contributed by atoms with E-state index in [1.54, 1.807) is 0 Å². The van der Waals surface area contributed by atoms with E-state index in [4.69, 9.17) is 62.7 Å². The van der Waals surface area contributed by atoms with E-state index in [2.05, 4.69) is 35.7 Å². The van der Waals surface area contributed by atoms with Gasteiger partial charge in [-0.15, -0.1) is 20.4 Å². The molecule has 1 aromatic carbocycles. The van der Waals surface area contributed by atoms with Crippen LogP contribution in [0.3, 0.4) is 0 Å². The van der Waals surface area contributed by atoms with E-state index in [9.17, 15) is 0 Å². The first kappa shape index (κ1) is 24.7. The second-order valence-corrected chi connectivity index (χ2v) is 7.29. The van der Waals surface area contributed by atoms with Gasteiger partial charge in [-0.25, -0.2) is 4.98 Å². The van der Waals surface area contributed by atoms with Gasteiger partial charge in [0.1, 0.15) is 0 Å². The lowest BCUT2D eigenvalue weighted by atomic mass is 10.2. The Morgan fingerprint density at radius 1 is 0.733 bits per heavy atom. The smallest absolute Gasteiger partial charge is 0.245 e. The third kappa shape index (κ3) is 9.51. The summed E-state index contributed by atoms with van der Waals surface area (Å²) in [4.78, 5) is 7.44. The highest BCUT2D eigenvalue weighted by atomic mass is 35.5. The summed E-state index contributed by atoms with van der Waals surface area (Å²) >= 11 is 27.4. The number of benzene rings is 1. The molecule has 0 atom stereocenters. The number of hydrogen-bond acceptors (Lipinski definition) is 8. The predicted octanol–water partition coefficient (Wildman–Crippen LogP) is 5.42. The van der Waals surface area contributed by atoms with Gasteiger partial charge in [0.25, 0.3) is 0 Å². The van der Waals surface area contributed by atoms with Gasteiger partial charge in [-0.05, 0) is 41.6 Å². The molecule has 0 bridgehead atoms. The van der Waals surface area contributed by atoms with E-state index in [0.29, 0.717) is 12.4 Å². The van der Waals surface area contributed by atoms with Gasteiger partial charge in [-0.1, -0.05) is 65.1 Å². The van der Waals surface area contributed by atoms with Crippen LogP contribution in [0, 0.1) is 0 Å². The van der Waals surface area contributed by atoms with E-state index in [1.807, 2.05) is 30.3 Å². The quantitative estimate of drug-likeness (QED) is 0.498. The van der Waals surface area contributed by atoms with Crippen molar-refractivity contribution in [1.29, 1.82) is 0 Å². The van der Waals surface area contributed by atoms with E-state index in [1.165, 1.54) is 12.8 Å². The lowest BCUT2D eigenvalue weighted by Gasteiger charge is -2.05. The molecule has 0 unspecified atom stereocenters. The SMILES string of the molecule is C1CCOC1.Clc1nnc(Cl)c(Cl)n1.Clc1nnc(Cl)c(NCc2ccccc2)n1. The fourth-order valence-corrected chi connectivity index (χ4v) is 2.61. The first-order valence-electron chi connectivity index (χ1n) is 8.58. The van der Waals surface area contributed by atoms with Crippen molar-refractivity contribution < 1.29 is 4.74 Å². The number of ether oxygens (including phenoxy) is 1. The Hall–Kier alpha value is -1.55. The second kappa shape index (κ2) is 13.7. The molecule has 0 saturated carbocycles. The first-order chi connectivity index (χ1) is 14.5. The topological polar surface area (TPSA) is 98.6 Å². The van der Waals surface area contributed by atoms with Gasteiger partial charge in [-0.2, -0.15) is 4.98 Å². The highest BCUT2D eigenvalue weighted by Crippen LogP contribution is 2.17. The van der Waals surface area contributed by atoms with Crippen LogP contribution in [-0.2, 0) is 11.3 Å². The van der Waals surface area contributed by atoms with E-state index in [-0.39, 0.29) is 26.0 Å². The largest absolute Gasteiger partial charge is 0.381 e. The Balaban J connectivity index is 0.000000190. The molecular weight excluding hydrogens is 496 g/mol. The Morgan fingerprint density at radius 2 is 1.33 bits per heavy atom. The third-order valence-corrected chi connectivity index (χ3v) is 4.52. The molecule has 2 aromatic heterocycles. The molecule has 1 N–H and O–H groups in total. The molecule has 0 radical (unpaired) electrons. The van der Waals surface area contributed by atoms with E-state index in [0.717, 1.165) is 18.8 Å². The molecule has 1 saturated heterocycles. The highest BCUT2D eigenvalue weighted by Gasteiger charge is 2.05. The van der Waals surface area contributed by atoms with Crippen LogP contribution >= 0.6 is 58.0 Å². The minimum Gasteiger partial charge on any atom is -0.381 e. The zero-order chi connectivity index (χ0) is 21.8. The van der Waals surface area contributed by atoms with Crippen molar-refractivity contribution >= 4 is 63.8 Å². The van der Waals surface area contributed by atoms with Crippen LogP contribution in [0.1, 0.15) is 18.4 Å². The molecule has 13 heteroatoms. The number of halogens is 5. The Bertz CT molecular complexity index is 909. The fourth-order valence-electron chi connectivity index (χ4n) is 1.97. The Labute approximate surface area is 198 Å². The van der Waals surface area contributed by atoms with Crippen molar-refractivity contribution in [2.24, 2.45) is 0 Å². The van der Waals surface area contributed by atoms with Crippen molar-refractivity contribution in [3.63, 3.8) is 0 Å². The lowest BCUT2D eigenvalue weighted by molar-refractivity contribution is 0.198. The average Bonchev–Trinajstić information content (AvgIpc) is 3.33. The van der Waals surface area contributed by atoms with Gasteiger partial charge in [0.05, 0.1) is 0 Å². The van der Waals surface area contributed by atoms with Crippen LogP contribution in [0.5, 0.6) is 0 Å². The van der Waals surface area contributed by atoms with Crippen molar-refractivity contribution in [1.82, 2.24) is 30.4 Å². The van der Waals surface area contributed by atoms with Crippen LogP contribution in [0.25, 0.3) is 0 Å². The summed E-state index contributed by atoms with van der Waals surface area (Å²) in [5.74, 6) is 0.436. The van der Waals surface area contributed by atoms with Gasteiger partial charge >= 0.3 is 0 Å². The number of anilines is 1. The Kier molecular flexibility index (Phi) is 11.3. The van der Waals surface area contributed by atoms with Gasteiger partial charge < -0.3 is 10.1 Å². The van der Waals surface area contributed by atoms with Gasteiger partial charge in [0, 0.05) is 19.8 Å². The molecule has 1 aliphatic heterocycles. The average molecular weight is 512 g/mol. The zero-order valence-electron chi connectivity index (χ0n) is 15.4. The van der Waals surface area contributed by atoms with Gasteiger partial charge in [-0.3, -0.25) is 0 Å². The molecule has 1 aliphatic rings. The van der Waals surface area contributed by atoms with Gasteiger partial charge in [0.15, 0.2) is 21.3 Å². The predicted molar refractivity (Wildman–Crippen MR) is 119 cm³/mol. The molecule has 3 aromatic rings. The monoisotopic (exact) mass is 509 g/mol. The molecule has 30 heavy (non-hydrogen) atoms. The van der Waals surface area contributed by atoms with E-state index >= 15 is 0 Å². The van der Waals surface area contributed by atoms with Crippen LogP contribution in [0.15, 0.2) is 30.3 Å². The number of aromatic nitrogens is 6. The Morgan fingerprint density at radius 3 is 1.87 bits per heavy atom. The summed E-state index contributed by atoms with van der Waals surface area (Å²) in [7, 11) is 0. The van der Waals surface area contributed by atoms with Crippen LogP contribution in [0.4, 0.5) is 5.82 Å².